The zero-order chi connectivity index (χ0) is 9.26. The van der Waals surface area contributed by atoms with Crippen LogP contribution in [-0.2, 0) is 0 Å². The zero-order valence-electron chi connectivity index (χ0n) is 7.19. The molecule has 0 aliphatic heterocycles. The molecule has 0 aromatic carbocycles. The number of rotatable bonds is 1. The molecule has 0 unspecified atom stereocenters. The van der Waals surface area contributed by atoms with E-state index in [0.29, 0.717) is 5.69 Å². The molecule has 0 aliphatic rings. The fourth-order valence-corrected chi connectivity index (χ4v) is 1.70. The molecule has 3 nitrogen and oxygen atoms in total. The van der Waals surface area contributed by atoms with Crippen LogP contribution in [0.15, 0.2) is 23.3 Å². The molecular formula is C9H9N3S. The van der Waals surface area contributed by atoms with Crippen molar-refractivity contribution in [1.82, 2.24) is 9.97 Å². The molecule has 0 saturated heterocycles. The maximum absolute atomic E-state index is 5.74. The van der Waals surface area contributed by atoms with Crippen molar-refractivity contribution < 1.29 is 0 Å². The number of anilines is 1. The molecule has 0 atom stereocenters. The standard InChI is InChI=1S/C9H9N3S/c1-6-7(2-11-3-8(6)10)9-4-13-5-12-9/h2-5H,10H2,1H3. The van der Waals surface area contributed by atoms with Crippen molar-refractivity contribution in [3.05, 3.63) is 28.8 Å². The molecule has 2 heterocycles. The first-order valence-corrected chi connectivity index (χ1v) is 4.82. The lowest BCUT2D eigenvalue weighted by molar-refractivity contribution is 1.27. The van der Waals surface area contributed by atoms with Crippen LogP contribution < -0.4 is 5.73 Å². The summed E-state index contributed by atoms with van der Waals surface area (Å²) in [6.45, 7) is 1.98. The highest BCUT2D eigenvalue weighted by Gasteiger charge is 2.05. The van der Waals surface area contributed by atoms with Crippen LogP contribution in [0, 0.1) is 6.92 Å². The molecule has 0 saturated carbocycles. The molecular weight excluding hydrogens is 182 g/mol. The fourth-order valence-electron chi connectivity index (χ4n) is 1.15. The van der Waals surface area contributed by atoms with E-state index in [-0.39, 0.29) is 0 Å². The lowest BCUT2D eigenvalue weighted by atomic mass is 10.1. The van der Waals surface area contributed by atoms with Gasteiger partial charge in [0.1, 0.15) is 0 Å². The normalized spacial score (nSPS) is 10.2. The van der Waals surface area contributed by atoms with Gasteiger partial charge in [-0.2, -0.15) is 0 Å². The highest BCUT2D eigenvalue weighted by molar-refractivity contribution is 7.07. The second-order valence-electron chi connectivity index (χ2n) is 2.77. The van der Waals surface area contributed by atoms with E-state index in [1.165, 1.54) is 0 Å². The van der Waals surface area contributed by atoms with Crippen LogP contribution in [0.2, 0.25) is 0 Å². The van der Waals surface area contributed by atoms with E-state index in [1.54, 1.807) is 29.2 Å². The molecule has 0 spiro atoms. The summed E-state index contributed by atoms with van der Waals surface area (Å²) in [5.41, 5.74) is 11.3. The van der Waals surface area contributed by atoms with Crippen LogP contribution in [-0.4, -0.2) is 9.97 Å². The van der Waals surface area contributed by atoms with Gasteiger partial charge < -0.3 is 5.73 Å². The molecule has 4 heteroatoms. The number of nitrogens with zero attached hydrogens (tertiary/aromatic N) is 2. The molecule has 13 heavy (non-hydrogen) atoms. The number of nitrogen functional groups attached to an aromatic ring is 1. The number of nitrogens with two attached hydrogens (primary N) is 1. The Morgan fingerprint density at radius 1 is 1.38 bits per heavy atom. The highest BCUT2D eigenvalue weighted by atomic mass is 32.1. The van der Waals surface area contributed by atoms with Gasteiger partial charge in [0, 0.05) is 17.1 Å². The van der Waals surface area contributed by atoms with Crippen LogP contribution in [0.1, 0.15) is 5.56 Å². The predicted molar refractivity (Wildman–Crippen MR) is 54.5 cm³/mol. The number of hydrogen-bond donors (Lipinski definition) is 1. The number of thiazole rings is 1. The minimum absolute atomic E-state index is 0.713. The van der Waals surface area contributed by atoms with Gasteiger partial charge in [0.05, 0.1) is 23.1 Å². The van der Waals surface area contributed by atoms with Crippen LogP contribution in [0.25, 0.3) is 11.3 Å². The fraction of sp³-hybridized carbons (Fsp3) is 0.111. The minimum atomic E-state index is 0.713. The van der Waals surface area contributed by atoms with Gasteiger partial charge in [-0.15, -0.1) is 11.3 Å². The Kier molecular flexibility index (Phi) is 1.98. The lowest BCUT2D eigenvalue weighted by Gasteiger charge is -2.03. The average Bonchev–Trinajstić information content (AvgIpc) is 2.62. The van der Waals surface area contributed by atoms with Crippen molar-refractivity contribution in [2.75, 3.05) is 5.73 Å². The summed E-state index contributed by atoms with van der Waals surface area (Å²) in [6.07, 6.45) is 3.45. The summed E-state index contributed by atoms with van der Waals surface area (Å²) in [4.78, 5) is 8.25. The Balaban J connectivity index is 2.59. The molecule has 2 rings (SSSR count). The first-order valence-electron chi connectivity index (χ1n) is 3.87. The van der Waals surface area contributed by atoms with Gasteiger partial charge in [-0.3, -0.25) is 4.98 Å². The Hall–Kier alpha value is -1.42. The summed E-state index contributed by atoms with van der Waals surface area (Å²) >= 11 is 1.57. The molecule has 0 amide bonds. The molecule has 2 aromatic rings. The maximum atomic E-state index is 5.74. The Bertz CT molecular complexity index is 409. The lowest BCUT2D eigenvalue weighted by Crippen LogP contribution is -1.93. The monoisotopic (exact) mass is 191 g/mol. The largest absolute Gasteiger partial charge is 0.397 e. The van der Waals surface area contributed by atoms with Crippen molar-refractivity contribution in [3.8, 4) is 11.3 Å². The smallest absolute Gasteiger partial charge is 0.0830 e. The highest BCUT2D eigenvalue weighted by Crippen LogP contribution is 2.24. The first kappa shape index (κ1) is 8.19. The topological polar surface area (TPSA) is 51.8 Å². The van der Waals surface area contributed by atoms with Crippen molar-refractivity contribution in [3.63, 3.8) is 0 Å². The summed E-state index contributed by atoms with van der Waals surface area (Å²) < 4.78 is 0. The molecule has 2 aromatic heterocycles. The molecule has 0 fully saturated rings. The van der Waals surface area contributed by atoms with E-state index in [4.69, 9.17) is 5.73 Å². The van der Waals surface area contributed by atoms with Crippen molar-refractivity contribution in [2.45, 2.75) is 6.92 Å². The van der Waals surface area contributed by atoms with Gasteiger partial charge in [-0.05, 0) is 12.5 Å². The number of hydrogen-bond acceptors (Lipinski definition) is 4. The van der Waals surface area contributed by atoms with Crippen LogP contribution >= 0.6 is 11.3 Å². The van der Waals surface area contributed by atoms with E-state index < -0.39 is 0 Å². The molecule has 0 aliphatic carbocycles. The van der Waals surface area contributed by atoms with Crippen molar-refractivity contribution in [1.29, 1.82) is 0 Å². The summed E-state index contributed by atoms with van der Waals surface area (Å²) in [5, 5.41) is 1.99. The van der Waals surface area contributed by atoms with Gasteiger partial charge in [0.25, 0.3) is 0 Å². The Labute approximate surface area is 80.3 Å². The van der Waals surface area contributed by atoms with Gasteiger partial charge in [0.2, 0.25) is 0 Å². The van der Waals surface area contributed by atoms with Crippen molar-refractivity contribution >= 4 is 17.0 Å². The Morgan fingerprint density at radius 3 is 2.92 bits per heavy atom. The molecule has 0 radical (unpaired) electrons. The first-order chi connectivity index (χ1) is 6.29. The van der Waals surface area contributed by atoms with Crippen LogP contribution in [0.5, 0.6) is 0 Å². The van der Waals surface area contributed by atoms with E-state index in [9.17, 15) is 0 Å². The average molecular weight is 191 g/mol. The van der Waals surface area contributed by atoms with Gasteiger partial charge in [-0.1, -0.05) is 0 Å². The zero-order valence-corrected chi connectivity index (χ0v) is 8.01. The molecule has 66 valence electrons. The Morgan fingerprint density at radius 2 is 2.23 bits per heavy atom. The maximum Gasteiger partial charge on any atom is 0.0830 e. The van der Waals surface area contributed by atoms with Gasteiger partial charge >= 0.3 is 0 Å². The third-order valence-electron chi connectivity index (χ3n) is 1.96. The summed E-state index contributed by atoms with van der Waals surface area (Å²) in [7, 11) is 0. The van der Waals surface area contributed by atoms with E-state index in [0.717, 1.165) is 16.8 Å². The van der Waals surface area contributed by atoms with Crippen LogP contribution in [0.4, 0.5) is 5.69 Å². The third kappa shape index (κ3) is 1.40. The third-order valence-corrected chi connectivity index (χ3v) is 2.55. The quantitative estimate of drug-likeness (QED) is 0.751. The number of pyridine rings is 1. The summed E-state index contributed by atoms with van der Waals surface area (Å²) in [5.74, 6) is 0. The van der Waals surface area contributed by atoms with E-state index >= 15 is 0 Å². The molecule has 2 N–H and O–H groups in total. The van der Waals surface area contributed by atoms with Gasteiger partial charge in [-0.25, -0.2) is 4.98 Å². The predicted octanol–water partition coefficient (Wildman–Crippen LogP) is 2.10. The van der Waals surface area contributed by atoms with E-state index in [1.807, 2.05) is 12.3 Å². The van der Waals surface area contributed by atoms with Crippen LogP contribution in [0.3, 0.4) is 0 Å². The second-order valence-corrected chi connectivity index (χ2v) is 3.49. The van der Waals surface area contributed by atoms with Gasteiger partial charge in [0.15, 0.2) is 0 Å². The van der Waals surface area contributed by atoms with Crippen molar-refractivity contribution in [2.24, 2.45) is 0 Å². The molecule has 0 bridgehead atoms. The minimum Gasteiger partial charge on any atom is -0.397 e. The summed E-state index contributed by atoms with van der Waals surface area (Å²) in [6, 6.07) is 0. The number of aromatic nitrogens is 2. The second kappa shape index (κ2) is 3.14. The van der Waals surface area contributed by atoms with E-state index in [2.05, 4.69) is 9.97 Å². The SMILES string of the molecule is Cc1c(N)cncc1-c1cscn1.